The van der Waals surface area contributed by atoms with Crippen molar-refractivity contribution in [2.24, 2.45) is 5.92 Å². The van der Waals surface area contributed by atoms with Crippen molar-refractivity contribution in [1.82, 2.24) is 9.97 Å². The Kier molecular flexibility index (Phi) is 5.64. The van der Waals surface area contributed by atoms with Gasteiger partial charge in [0.05, 0.1) is 0 Å². The minimum Gasteiger partial charge on any atom is -0.396 e. The first-order chi connectivity index (χ1) is 8.56. The number of aliphatic hydroxyl groups is 1. The first-order valence-electron chi connectivity index (χ1n) is 6.32. The third-order valence-electron chi connectivity index (χ3n) is 2.82. The number of hydrogen-bond donors (Lipinski definition) is 4. The van der Waals surface area contributed by atoms with Crippen LogP contribution >= 0.6 is 0 Å². The molecule has 0 aliphatic carbocycles. The van der Waals surface area contributed by atoms with Gasteiger partial charge in [-0.15, -0.1) is 0 Å². The summed E-state index contributed by atoms with van der Waals surface area (Å²) in [6, 6.07) is 1.94. The van der Waals surface area contributed by atoms with Crippen LogP contribution in [0.25, 0.3) is 0 Å². The molecule has 1 rings (SSSR count). The fourth-order valence-electron chi connectivity index (χ4n) is 1.42. The molecule has 0 aromatic carbocycles. The van der Waals surface area contributed by atoms with Gasteiger partial charge >= 0.3 is 0 Å². The Morgan fingerprint density at radius 2 is 2.00 bits per heavy atom. The molecule has 102 valence electrons. The topological polar surface area (TPSA) is 96.1 Å². The largest absolute Gasteiger partial charge is 0.396 e. The van der Waals surface area contributed by atoms with Crippen LogP contribution < -0.4 is 16.4 Å². The third kappa shape index (κ3) is 4.37. The molecule has 0 radical (unpaired) electrons. The number of nitrogen functional groups attached to an aromatic ring is 1. The Bertz CT molecular complexity index is 371. The highest BCUT2D eigenvalue weighted by Crippen LogP contribution is 2.15. The maximum absolute atomic E-state index is 9.10. The van der Waals surface area contributed by atoms with Gasteiger partial charge < -0.3 is 21.5 Å². The average molecular weight is 253 g/mol. The molecule has 0 spiro atoms. The van der Waals surface area contributed by atoms with E-state index in [0.717, 1.165) is 18.8 Å². The summed E-state index contributed by atoms with van der Waals surface area (Å²) in [7, 11) is 0. The summed E-state index contributed by atoms with van der Waals surface area (Å²) in [5.74, 6) is 1.78. The Balaban J connectivity index is 2.73. The van der Waals surface area contributed by atoms with Crippen LogP contribution in [0.3, 0.4) is 0 Å². The number of nitrogens with two attached hydrogens (primary N) is 1. The van der Waals surface area contributed by atoms with Crippen LogP contribution in [-0.2, 0) is 0 Å². The van der Waals surface area contributed by atoms with E-state index >= 15 is 0 Å². The highest BCUT2D eigenvalue weighted by Gasteiger charge is 2.12. The molecule has 1 aromatic rings. The molecule has 5 N–H and O–H groups in total. The summed E-state index contributed by atoms with van der Waals surface area (Å²) < 4.78 is 0. The lowest BCUT2D eigenvalue weighted by Gasteiger charge is -2.20. The SMILES string of the molecule is CCCNc1cc(NC(C)C(C)CO)nc(N)n1. The van der Waals surface area contributed by atoms with Crippen molar-refractivity contribution in [1.29, 1.82) is 0 Å². The molecular formula is C12H23N5O. The van der Waals surface area contributed by atoms with Crippen molar-refractivity contribution >= 4 is 17.6 Å². The molecule has 2 unspecified atom stereocenters. The van der Waals surface area contributed by atoms with Crippen LogP contribution in [0.15, 0.2) is 6.07 Å². The minimum atomic E-state index is 0.114. The van der Waals surface area contributed by atoms with Gasteiger partial charge in [0.25, 0.3) is 0 Å². The molecular weight excluding hydrogens is 230 g/mol. The molecule has 0 amide bonds. The zero-order valence-electron chi connectivity index (χ0n) is 11.3. The number of hydrogen-bond acceptors (Lipinski definition) is 6. The quantitative estimate of drug-likeness (QED) is 0.585. The Hall–Kier alpha value is -1.56. The smallest absolute Gasteiger partial charge is 0.223 e. The van der Waals surface area contributed by atoms with E-state index in [1.165, 1.54) is 0 Å². The molecule has 0 saturated carbocycles. The van der Waals surface area contributed by atoms with Crippen LogP contribution in [0.4, 0.5) is 17.6 Å². The van der Waals surface area contributed by atoms with E-state index in [1.54, 1.807) is 0 Å². The van der Waals surface area contributed by atoms with Crippen molar-refractivity contribution < 1.29 is 5.11 Å². The van der Waals surface area contributed by atoms with Gasteiger partial charge in [-0.3, -0.25) is 0 Å². The van der Waals surface area contributed by atoms with E-state index in [1.807, 2.05) is 19.9 Å². The minimum absolute atomic E-state index is 0.114. The number of aliphatic hydroxyl groups excluding tert-OH is 1. The van der Waals surface area contributed by atoms with Crippen molar-refractivity contribution in [3.8, 4) is 0 Å². The number of rotatable bonds is 7. The monoisotopic (exact) mass is 253 g/mol. The molecule has 18 heavy (non-hydrogen) atoms. The molecule has 0 aliphatic rings. The molecule has 1 aromatic heterocycles. The maximum Gasteiger partial charge on any atom is 0.223 e. The highest BCUT2D eigenvalue weighted by molar-refractivity contribution is 5.51. The van der Waals surface area contributed by atoms with Gasteiger partial charge in [-0.1, -0.05) is 13.8 Å². The summed E-state index contributed by atoms with van der Waals surface area (Å²) in [5, 5.41) is 15.5. The average Bonchev–Trinajstić information content (AvgIpc) is 2.34. The summed E-state index contributed by atoms with van der Waals surface area (Å²) in [4.78, 5) is 8.24. The van der Waals surface area contributed by atoms with Gasteiger partial charge in [0.2, 0.25) is 5.95 Å². The molecule has 0 saturated heterocycles. The summed E-state index contributed by atoms with van der Waals surface area (Å²) in [5.41, 5.74) is 5.66. The summed E-state index contributed by atoms with van der Waals surface area (Å²) in [6.45, 7) is 7.03. The van der Waals surface area contributed by atoms with Gasteiger partial charge in [-0.25, -0.2) is 0 Å². The maximum atomic E-state index is 9.10. The second-order valence-electron chi connectivity index (χ2n) is 4.52. The summed E-state index contributed by atoms with van der Waals surface area (Å²) in [6.07, 6.45) is 1.02. The van der Waals surface area contributed by atoms with Crippen LogP contribution in [-0.4, -0.2) is 34.3 Å². The predicted molar refractivity (Wildman–Crippen MR) is 74.6 cm³/mol. The Morgan fingerprint density at radius 1 is 1.33 bits per heavy atom. The summed E-state index contributed by atoms with van der Waals surface area (Å²) >= 11 is 0. The van der Waals surface area contributed by atoms with E-state index in [9.17, 15) is 0 Å². The molecule has 6 heteroatoms. The van der Waals surface area contributed by atoms with Crippen LogP contribution in [0.1, 0.15) is 27.2 Å². The van der Waals surface area contributed by atoms with E-state index in [-0.39, 0.29) is 24.5 Å². The van der Waals surface area contributed by atoms with Gasteiger partial charge in [0.1, 0.15) is 11.6 Å². The van der Waals surface area contributed by atoms with E-state index in [0.29, 0.717) is 5.82 Å². The van der Waals surface area contributed by atoms with Crippen LogP contribution in [0.5, 0.6) is 0 Å². The van der Waals surface area contributed by atoms with Crippen molar-refractivity contribution in [3.05, 3.63) is 6.07 Å². The molecule has 0 bridgehead atoms. The van der Waals surface area contributed by atoms with Crippen molar-refractivity contribution in [3.63, 3.8) is 0 Å². The number of nitrogens with zero attached hydrogens (tertiary/aromatic N) is 2. The lowest BCUT2D eigenvalue weighted by Crippen LogP contribution is -2.27. The lowest BCUT2D eigenvalue weighted by molar-refractivity contribution is 0.226. The Labute approximate surface area is 108 Å². The molecule has 2 atom stereocenters. The molecule has 1 heterocycles. The van der Waals surface area contributed by atoms with Gasteiger partial charge in [-0.05, 0) is 19.3 Å². The van der Waals surface area contributed by atoms with E-state index in [4.69, 9.17) is 10.8 Å². The van der Waals surface area contributed by atoms with Gasteiger partial charge in [0, 0.05) is 25.3 Å². The third-order valence-corrected chi connectivity index (χ3v) is 2.82. The predicted octanol–water partition coefficient (Wildman–Crippen LogP) is 1.31. The lowest BCUT2D eigenvalue weighted by atomic mass is 10.1. The second kappa shape index (κ2) is 7.00. The number of anilines is 3. The van der Waals surface area contributed by atoms with E-state index < -0.39 is 0 Å². The van der Waals surface area contributed by atoms with Crippen molar-refractivity contribution in [2.45, 2.75) is 33.2 Å². The van der Waals surface area contributed by atoms with Gasteiger partial charge in [-0.2, -0.15) is 9.97 Å². The Morgan fingerprint density at radius 3 is 2.61 bits per heavy atom. The number of aromatic nitrogens is 2. The fourth-order valence-corrected chi connectivity index (χ4v) is 1.42. The zero-order chi connectivity index (χ0) is 13.5. The standard InChI is InChI=1S/C12H23N5O/c1-4-5-14-10-6-11(17-12(13)16-10)15-9(3)8(2)7-18/h6,8-9,18H,4-5,7H2,1-3H3,(H4,13,14,15,16,17). The first kappa shape index (κ1) is 14.5. The van der Waals surface area contributed by atoms with Crippen LogP contribution in [0, 0.1) is 5.92 Å². The van der Waals surface area contributed by atoms with E-state index in [2.05, 4.69) is 27.5 Å². The molecule has 0 aliphatic heterocycles. The molecule has 6 nitrogen and oxygen atoms in total. The number of nitrogens with one attached hydrogen (secondary N) is 2. The normalized spacial score (nSPS) is 14.0. The van der Waals surface area contributed by atoms with Crippen molar-refractivity contribution in [2.75, 3.05) is 29.5 Å². The van der Waals surface area contributed by atoms with Gasteiger partial charge in [0.15, 0.2) is 0 Å². The first-order valence-corrected chi connectivity index (χ1v) is 6.32. The highest BCUT2D eigenvalue weighted by atomic mass is 16.3. The fraction of sp³-hybridized carbons (Fsp3) is 0.667. The van der Waals surface area contributed by atoms with Crippen LogP contribution in [0.2, 0.25) is 0 Å². The second-order valence-corrected chi connectivity index (χ2v) is 4.52. The zero-order valence-corrected chi connectivity index (χ0v) is 11.3. The molecule has 0 fully saturated rings.